The van der Waals surface area contributed by atoms with Crippen molar-refractivity contribution in [1.29, 1.82) is 0 Å². The van der Waals surface area contributed by atoms with E-state index in [1.807, 2.05) is 17.8 Å². The summed E-state index contributed by atoms with van der Waals surface area (Å²) in [5.74, 6) is 1.56. The fraction of sp³-hybridized carbons (Fsp3) is 0.167. The van der Waals surface area contributed by atoms with Gasteiger partial charge in [-0.15, -0.1) is 11.8 Å². The molecule has 0 bridgehead atoms. The Balaban J connectivity index is 1.83. The molecule has 0 aliphatic carbocycles. The van der Waals surface area contributed by atoms with Crippen molar-refractivity contribution in [2.24, 2.45) is 0 Å². The number of nitrogens with zero attached hydrogens (tertiary/aromatic N) is 2. The molecule has 1 aliphatic heterocycles. The highest BCUT2D eigenvalue weighted by molar-refractivity contribution is 7.99. The summed E-state index contributed by atoms with van der Waals surface area (Å²) in [6.45, 7) is 2.13. The van der Waals surface area contributed by atoms with Gasteiger partial charge in [0.05, 0.1) is 11.4 Å². The summed E-state index contributed by atoms with van der Waals surface area (Å²) in [5.41, 5.74) is 5.07. The number of benzene rings is 2. The zero-order valence-electron chi connectivity index (χ0n) is 11.9. The van der Waals surface area contributed by atoms with E-state index in [2.05, 4.69) is 66.2 Å². The molecule has 21 heavy (non-hydrogen) atoms. The predicted molar refractivity (Wildman–Crippen MR) is 87.3 cm³/mol. The molecule has 3 heteroatoms. The van der Waals surface area contributed by atoms with E-state index < -0.39 is 0 Å². The molecule has 1 unspecified atom stereocenters. The zero-order chi connectivity index (χ0) is 14.2. The molecular weight excluding hydrogens is 276 g/mol. The minimum atomic E-state index is 0.462. The largest absolute Gasteiger partial charge is 0.227 e. The van der Waals surface area contributed by atoms with Crippen molar-refractivity contribution in [3.8, 4) is 5.69 Å². The molecule has 2 nitrogen and oxygen atoms in total. The molecule has 2 aromatic carbocycles. The molecule has 1 aliphatic rings. The number of para-hydroxylation sites is 1. The first-order valence-electron chi connectivity index (χ1n) is 7.17. The fourth-order valence-corrected chi connectivity index (χ4v) is 4.39. The first-order valence-corrected chi connectivity index (χ1v) is 8.16. The third kappa shape index (κ3) is 2.09. The molecule has 0 fully saturated rings. The first-order chi connectivity index (χ1) is 10.3. The highest BCUT2D eigenvalue weighted by atomic mass is 32.2. The van der Waals surface area contributed by atoms with Gasteiger partial charge in [-0.25, -0.2) is 4.68 Å². The van der Waals surface area contributed by atoms with Crippen LogP contribution in [0.25, 0.3) is 5.69 Å². The second-order valence-corrected chi connectivity index (χ2v) is 6.33. The summed E-state index contributed by atoms with van der Waals surface area (Å²) in [7, 11) is 0. The summed E-state index contributed by atoms with van der Waals surface area (Å²) >= 11 is 1.91. The van der Waals surface area contributed by atoms with Crippen LogP contribution in [0.1, 0.15) is 22.7 Å². The first kappa shape index (κ1) is 12.7. The monoisotopic (exact) mass is 292 g/mol. The number of fused-ring (bicyclic) bond motifs is 1. The third-order valence-electron chi connectivity index (χ3n) is 4.00. The van der Waals surface area contributed by atoms with Crippen molar-refractivity contribution in [3.63, 3.8) is 0 Å². The number of aromatic nitrogens is 2. The third-order valence-corrected chi connectivity index (χ3v) is 5.17. The van der Waals surface area contributed by atoms with E-state index in [9.17, 15) is 0 Å². The van der Waals surface area contributed by atoms with Crippen LogP contribution in [0.3, 0.4) is 0 Å². The van der Waals surface area contributed by atoms with Gasteiger partial charge in [0.2, 0.25) is 0 Å². The summed E-state index contributed by atoms with van der Waals surface area (Å²) in [4.78, 5) is 0. The number of hydrogen-bond donors (Lipinski definition) is 0. The highest BCUT2D eigenvalue weighted by Gasteiger charge is 2.31. The Morgan fingerprint density at radius 3 is 2.38 bits per heavy atom. The molecule has 0 saturated heterocycles. The van der Waals surface area contributed by atoms with Gasteiger partial charge in [-0.3, -0.25) is 0 Å². The van der Waals surface area contributed by atoms with Crippen molar-refractivity contribution < 1.29 is 0 Å². The van der Waals surface area contributed by atoms with Gasteiger partial charge in [-0.2, -0.15) is 5.10 Å². The second kappa shape index (κ2) is 5.08. The molecule has 1 aromatic heterocycles. The van der Waals surface area contributed by atoms with Crippen molar-refractivity contribution >= 4 is 11.8 Å². The van der Waals surface area contributed by atoms with Gasteiger partial charge >= 0.3 is 0 Å². The lowest BCUT2D eigenvalue weighted by molar-refractivity contribution is 0.793. The smallest absolute Gasteiger partial charge is 0.104 e. The SMILES string of the molecule is Cc1nn(-c2ccccc2)c2c1C(c1ccccc1)CS2. The average molecular weight is 292 g/mol. The van der Waals surface area contributed by atoms with Crippen LogP contribution in [0.5, 0.6) is 0 Å². The van der Waals surface area contributed by atoms with E-state index in [0.29, 0.717) is 5.92 Å². The summed E-state index contributed by atoms with van der Waals surface area (Å²) in [5, 5.41) is 6.07. The van der Waals surface area contributed by atoms with Gasteiger partial charge < -0.3 is 0 Å². The minimum Gasteiger partial charge on any atom is -0.227 e. The van der Waals surface area contributed by atoms with Gasteiger partial charge in [-0.1, -0.05) is 48.5 Å². The summed E-state index contributed by atoms with van der Waals surface area (Å²) in [6.07, 6.45) is 0. The Labute approximate surface area is 128 Å². The minimum absolute atomic E-state index is 0.462. The van der Waals surface area contributed by atoms with Crippen LogP contribution < -0.4 is 0 Å². The molecule has 1 atom stereocenters. The molecule has 2 heterocycles. The fourth-order valence-electron chi connectivity index (χ4n) is 3.00. The van der Waals surface area contributed by atoms with E-state index in [0.717, 1.165) is 17.1 Å². The van der Waals surface area contributed by atoms with Crippen LogP contribution in [-0.2, 0) is 0 Å². The van der Waals surface area contributed by atoms with Gasteiger partial charge in [0.25, 0.3) is 0 Å². The van der Waals surface area contributed by atoms with Gasteiger partial charge in [0.1, 0.15) is 5.03 Å². The molecule has 0 saturated carbocycles. The number of hydrogen-bond acceptors (Lipinski definition) is 2. The maximum absolute atomic E-state index is 4.77. The lowest BCUT2D eigenvalue weighted by Gasteiger charge is -2.09. The standard InChI is InChI=1S/C18H16N2S/c1-13-17-16(14-8-4-2-5-9-14)12-21-18(17)20(19-13)15-10-6-3-7-11-15/h2-11,16H,12H2,1H3. The van der Waals surface area contributed by atoms with Crippen molar-refractivity contribution in [3.05, 3.63) is 77.5 Å². The second-order valence-electron chi connectivity index (χ2n) is 5.33. The Kier molecular flexibility index (Phi) is 3.08. The molecule has 3 aromatic rings. The Bertz CT molecular complexity index is 763. The van der Waals surface area contributed by atoms with Crippen LogP contribution in [-0.4, -0.2) is 15.5 Å². The quantitative estimate of drug-likeness (QED) is 0.696. The van der Waals surface area contributed by atoms with Gasteiger partial charge in [-0.05, 0) is 24.6 Å². The molecule has 0 amide bonds. The normalized spacial score (nSPS) is 16.9. The highest BCUT2D eigenvalue weighted by Crippen LogP contribution is 2.45. The lowest BCUT2D eigenvalue weighted by atomic mass is 9.94. The van der Waals surface area contributed by atoms with Crippen LogP contribution in [0.4, 0.5) is 0 Å². The van der Waals surface area contributed by atoms with Crippen molar-refractivity contribution in [2.75, 3.05) is 5.75 Å². The van der Waals surface area contributed by atoms with Gasteiger partial charge in [0.15, 0.2) is 0 Å². The van der Waals surface area contributed by atoms with Crippen molar-refractivity contribution in [2.45, 2.75) is 17.9 Å². The van der Waals surface area contributed by atoms with E-state index in [1.165, 1.54) is 16.2 Å². The number of aryl methyl sites for hydroxylation is 1. The van der Waals surface area contributed by atoms with Crippen LogP contribution in [0.15, 0.2) is 65.7 Å². The molecule has 0 spiro atoms. The Hall–Kier alpha value is -2.00. The molecule has 0 N–H and O–H groups in total. The topological polar surface area (TPSA) is 17.8 Å². The maximum Gasteiger partial charge on any atom is 0.104 e. The van der Waals surface area contributed by atoms with Crippen LogP contribution in [0, 0.1) is 6.92 Å². The average Bonchev–Trinajstić information content (AvgIpc) is 3.11. The Morgan fingerprint density at radius 1 is 1.00 bits per heavy atom. The lowest BCUT2D eigenvalue weighted by Crippen LogP contribution is -2.00. The van der Waals surface area contributed by atoms with E-state index >= 15 is 0 Å². The van der Waals surface area contributed by atoms with E-state index in [4.69, 9.17) is 5.10 Å². The maximum atomic E-state index is 4.77. The number of rotatable bonds is 2. The Morgan fingerprint density at radius 2 is 1.67 bits per heavy atom. The predicted octanol–water partition coefficient (Wildman–Crippen LogP) is 4.42. The summed E-state index contributed by atoms with van der Waals surface area (Å²) in [6, 6.07) is 21.2. The molecule has 4 rings (SSSR count). The van der Waals surface area contributed by atoms with Crippen LogP contribution in [0.2, 0.25) is 0 Å². The van der Waals surface area contributed by atoms with E-state index in [-0.39, 0.29) is 0 Å². The zero-order valence-corrected chi connectivity index (χ0v) is 12.7. The van der Waals surface area contributed by atoms with Crippen LogP contribution >= 0.6 is 11.8 Å². The molecule has 0 radical (unpaired) electrons. The molecular formula is C18H16N2S. The number of thioether (sulfide) groups is 1. The molecule has 104 valence electrons. The van der Waals surface area contributed by atoms with E-state index in [1.54, 1.807) is 0 Å². The van der Waals surface area contributed by atoms with Gasteiger partial charge in [0, 0.05) is 17.2 Å². The van der Waals surface area contributed by atoms with Crippen molar-refractivity contribution in [1.82, 2.24) is 9.78 Å². The summed E-state index contributed by atoms with van der Waals surface area (Å²) < 4.78 is 2.10.